The van der Waals surface area contributed by atoms with Gasteiger partial charge in [-0.3, -0.25) is 0 Å². The summed E-state index contributed by atoms with van der Waals surface area (Å²) >= 11 is 0. The Bertz CT molecular complexity index is 993. The van der Waals surface area contributed by atoms with Gasteiger partial charge in [-0.25, -0.2) is 0 Å². The lowest BCUT2D eigenvalue weighted by molar-refractivity contribution is -0.653. The van der Waals surface area contributed by atoms with Gasteiger partial charge in [0.25, 0.3) is 0 Å². The number of hydrogen-bond donors (Lipinski definition) is 0. The molecule has 1 fully saturated rings. The van der Waals surface area contributed by atoms with E-state index in [2.05, 4.69) is 113 Å². The van der Waals surface area contributed by atoms with Gasteiger partial charge in [-0.15, -0.1) is 0 Å². The molecule has 2 nitrogen and oxygen atoms in total. The number of aromatic nitrogens is 1. The van der Waals surface area contributed by atoms with Gasteiger partial charge in [-0.1, -0.05) is 71.4 Å². The maximum absolute atomic E-state index is 2.39. The fraction of sp³-hybridized carbons (Fsp3) is 0.0800. The van der Waals surface area contributed by atoms with Gasteiger partial charge < -0.3 is 0 Å². The normalized spacial score (nSPS) is 12.8. The van der Waals surface area contributed by atoms with Crippen molar-refractivity contribution in [3.05, 3.63) is 103 Å². The van der Waals surface area contributed by atoms with Crippen LogP contribution in [0.15, 0.2) is 103 Å². The van der Waals surface area contributed by atoms with E-state index in [0.717, 1.165) is 13.1 Å². The van der Waals surface area contributed by atoms with Crippen molar-refractivity contribution in [2.45, 2.75) is 0 Å². The van der Waals surface area contributed by atoms with Crippen LogP contribution in [0, 0.1) is 0 Å². The van der Waals surface area contributed by atoms with E-state index >= 15 is 0 Å². The van der Waals surface area contributed by atoms with Crippen LogP contribution < -0.4 is 9.69 Å². The van der Waals surface area contributed by atoms with E-state index in [1.165, 1.54) is 33.6 Å². The van der Waals surface area contributed by atoms with Crippen LogP contribution in [-0.4, -0.2) is 13.1 Å². The first-order valence-electron chi connectivity index (χ1n) is 9.42. The lowest BCUT2D eigenvalue weighted by Gasteiger charge is -2.12. The summed E-state index contributed by atoms with van der Waals surface area (Å²) < 4.78 is 2.39. The second-order valence-electron chi connectivity index (χ2n) is 6.88. The molecule has 0 amide bonds. The third-order valence-electron chi connectivity index (χ3n) is 4.99. The summed E-state index contributed by atoms with van der Waals surface area (Å²) in [5, 5.41) is 2.39. The summed E-state index contributed by atoms with van der Waals surface area (Å²) in [6.07, 6.45) is 0. The summed E-state index contributed by atoms with van der Waals surface area (Å²) in [6, 6.07) is 36.6. The first kappa shape index (κ1) is 15.8. The maximum atomic E-state index is 2.39. The largest absolute Gasteiger partial charge is 0.243 e. The zero-order valence-corrected chi connectivity index (χ0v) is 15.1. The summed E-state index contributed by atoms with van der Waals surface area (Å²) in [5.41, 5.74) is 7.41. The highest BCUT2D eigenvalue weighted by molar-refractivity contribution is 5.73. The molecule has 0 atom stereocenters. The molecule has 2 heterocycles. The quantitative estimate of drug-likeness (QED) is 0.374. The predicted molar refractivity (Wildman–Crippen MR) is 111 cm³/mol. The smallest absolute Gasteiger partial charge is 0.176 e. The first-order chi connectivity index (χ1) is 13.4. The Balaban J connectivity index is 1.81. The molecule has 27 heavy (non-hydrogen) atoms. The molecule has 0 N–H and O–H groups in total. The van der Waals surface area contributed by atoms with Crippen molar-refractivity contribution >= 4 is 0 Å². The molecular formula is C25H21N2+. The van der Waals surface area contributed by atoms with E-state index in [0.29, 0.717) is 0 Å². The Hall–Kier alpha value is -3.39. The maximum Gasteiger partial charge on any atom is 0.243 e. The average Bonchev–Trinajstić information content (AvgIpc) is 3.60. The minimum absolute atomic E-state index is 1.09. The minimum atomic E-state index is 1.09. The molecule has 1 aromatic heterocycles. The van der Waals surface area contributed by atoms with Crippen LogP contribution >= 0.6 is 0 Å². The molecule has 0 spiro atoms. The van der Waals surface area contributed by atoms with Gasteiger partial charge in [-0.2, -0.15) is 5.01 Å². The second-order valence-corrected chi connectivity index (χ2v) is 6.88. The Morgan fingerprint density at radius 1 is 0.481 bits per heavy atom. The van der Waals surface area contributed by atoms with Crippen molar-refractivity contribution in [1.82, 2.24) is 0 Å². The molecule has 0 saturated carbocycles. The van der Waals surface area contributed by atoms with Crippen molar-refractivity contribution in [2.75, 3.05) is 18.1 Å². The lowest BCUT2D eigenvalue weighted by atomic mass is 10.00. The number of pyridine rings is 1. The van der Waals surface area contributed by atoms with E-state index in [-0.39, 0.29) is 0 Å². The average molecular weight is 349 g/mol. The topological polar surface area (TPSA) is 6.89 Å². The molecular weight excluding hydrogens is 328 g/mol. The van der Waals surface area contributed by atoms with Crippen molar-refractivity contribution in [3.63, 3.8) is 0 Å². The molecule has 3 aromatic carbocycles. The SMILES string of the molecule is c1ccc(-c2cc(-c3ccccc3)[n+](N3CC3)c(-c3ccccc3)c2)cc1. The number of hydrogen-bond acceptors (Lipinski definition) is 1. The number of benzene rings is 3. The van der Waals surface area contributed by atoms with E-state index in [9.17, 15) is 0 Å². The molecule has 5 rings (SSSR count). The monoisotopic (exact) mass is 349 g/mol. The van der Waals surface area contributed by atoms with Gasteiger partial charge in [0.1, 0.15) is 0 Å². The zero-order valence-electron chi connectivity index (χ0n) is 15.1. The number of rotatable bonds is 4. The van der Waals surface area contributed by atoms with Crippen LogP contribution in [0.2, 0.25) is 0 Å². The Morgan fingerprint density at radius 3 is 1.30 bits per heavy atom. The molecule has 4 aromatic rings. The van der Waals surface area contributed by atoms with Crippen molar-refractivity contribution in [3.8, 4) is 33.6 Å². The van der Waals surface area contributed by atoms with Crippen molar-refractivity contribution < 1.29 is 4.68 Å². The lowest BCUT2D eigenvalue weighted by Crippen LogP contribution is -2.49. The van der Waals surface area contributed by atoms with E-state index in [1.54, 1.807) is 0 Å². The first-order valence-corrected chi connectivity index (χ1v) is 9.42. The van der Waals surface area contributed by atoms with Gasteiger partial charge in [-0.05, 0) is 35.4 Å². The molecule has 0 aliphatic carbocycles. The zero-order chi connectivity index (χ0) is 18.1. The molecule has 1 aliphatic rings. The Kier molecular flexibility index (Phi) is 3.95. The molecule has 0 unspecified atom stereocenters. The van der Waals surface area contributed by atoms with Crippen LogP contribution in [0.25, 0.3) is 33.6 Å². The minimum Gasteiger partial charge on any atom is -0.176 e. The van der Waals surface area contributed by atoms with Crippen molar-refractivity contribution in [2.24, 2.45) is 0 Å². The summed E-state index contributed by atoms with van der Waals surface area (Å²) in [5.74, 6) is 0. The van der Waals surface area contributed by atoms with Crippen LogP contribution in [-0.2, 0) is 0 Å². The molecule has 0 bridgehead atoms. The van der Waals surface area contributed by atoms with Gasteiger partial charge >= 0.3 is 0 Å². The second kappa shape index (κ2) is 6.73. The molecule has 2 heteroatoms. The van der Waals surface area contributed by atoms with E-state index < -0.39 is 0 Å². The van der Waals surface area contributed by atoms with E-state index in [4.69, 9.17) is 0 Å². The summed E-state index contributed by atoms with van der Waals surface area (Å²) in [7, 11) is 0. The van der Waals surface area contributed by atoms with E-state index in [1.807, 2.05) is 0 Å². The van der Waals surface area contributed by atoms with Crippen LogP contribution in [0.1, 0.15) is 0 Å². The fourth-order valence-corrected chi connectivity index (χ4v) is 3.56. The highest BCUT2D eigenvalue weighted by Gasteiger charge is 2.34. The fourth-order valence-electron chi connectivity index (χ4n) is 3.56. The van der Waals surface area contributed by atoms with Crippen LogP contribution in [0.5, 0.6) is 0 Å². The Labute approximate surface area is 159 Å². The molecule has 1 saturated heterocycles. The highest BCUT2D eigenvalue weighted by atomic mass is 15.6. The van der Waals surface area contributed by atoms with Gasteiger partial charge in [0.05, 0.1) is 13.1 Å². The molecule has 130 valence electrons. The van der Waals surface area contributed by atoms with Gasteiger partial charge in [0.2, 0.25) is 11.4 Å². The van der Waals surface area contributed by atoms with Crippen LogP contribution in [0.4, 0.5) is 0 Å². The Morgan fingerprint density at radius 2 is 0.889 bits per heavy atom. The molecule has 0 radical (unpaired) electrons. The predicted octanol–water partition coefficient (Wildman–Crippen LogP) is 4.93. The van der Waals surface area contributed by atoms with Gasteiger partial charge in [0.15, 0.2) is 0 Å². The molecule has 1 aliphatic heterocycles. The highest BCUT2D eigenvalue weighted by Crippen LogP contribution is 2.29. The third-order valence-corrected chi connectivity index (χ3v) is 4.99. The third kappa shape index (κ3) is 3.11. The number of nitrogens with zero attached hydrogens (tertiary/aromatic N) is 2. The van der Waals surface area contributed by atoms with Crippen molar-refractivity contribution in [1.29, 1.82) is 0 Å². The van der Waals surface area contributed by atoms with Crippen LogP contribution in [0.3, 0.4) is 0 Å². The standard InChI is InChI=1S/C25H21N2/c1-4-10-20(11-5-1)23-18-24(21-12-6-2-7-13-21)27(26-16-17-26)25(19-23)22-14-8-3-9-15-22/h1-15,18-19H,16-17H2/q+1. The summed E-state index contributed by atoms with van der Waals surface area (Å²) in [6.45, 7) is 2.18. The van der Waals surface area contributed by atoms with Gasteiger partial charge in [0, 0.05) is 23.3 Å². The summed E-state index contributed by atoms with van der Waals surface area (Å²) in [4.78, 5) is 0.